The molecule has 0 amide bonds. The van der Waals surface area contributed by atoms with Crippen molar-refractivity contribution < 1.29 is 5.11 Å². The Morgan fingerprint density at radius 1 is 1.10 bits per heavy atom. The van der Waals surface area contributed by atoms with Crippen molar-refractivity contribution in [2.75, 3.05) is 0 Å². The summed E-state index contributed by atoms with van der Waals surface area (Å²) in [6.07, 6.45) is 1.67. The number of phenols is 1. The van der Waals surface area contributed by atoms with Gasteiger partial charge in [0, 0.05) is 7.05 Å². The number of benzene rings is 2. The highest BCUT2D eigenvalue weighted by Gasteiger charge is 2.00. The fraction of sp³-hybridized carbons (Fsp3) is 0.0667. The molecule has 0 radical (unpaired) electrons. The van der Waals surface area contributed by atoms with Gasteiger partial charge in [-0.15, -0.1) is 5.10 Å². The van der Waals surface area contributed by atoms with E-state index >= 15 is 0 Å². The lowest BCUT2D eigenvalue weighted by molar-refractivity contribution is 0.475. The molecule has 0 atom stereocenters. The quantitative estimate of drug-likeness (QED) is 0.570. The number of fused-ring (bicyclic) bond motifs is 1. The topological polar surface area (TPSA) is 49.9 Å². The summed E-state index contributed by atoms with van der Waals surface area (Å²) in [5.41, 5.74) is 2.05. The third-order valence-electron chi connectivity index (χ3n) is 2.96. The lowest BCUT2D eigenvalue weighted by atomic mass is 10.2. The van der Waals surface area contributed by atoms with Crippen LogP contribution in [0, 0.1) is 0 Å². The van der Waals surface area contributed by atoms with Gasteiger partial charge < -0.3 is 9.67 Å². The minimum Gasteiger partial charge on any atom is -0.508 e. The van der Waals surface area contributed by atoms with Gasteiger partial charge in [-0.25, -0.2) is 0 Å². The Morgan fingerprint density at radius 3 is 2.60 bits per heavy atom. The van der Waals surface area contributed by atoms with Crippen LogP contribution in [0.5, 0.6) is 5.75 Å². The first-order valence-electron chi connectivity index (χ1n) is 6.15. The predicted molar refractivity (Wildman–Crippen MR) is 82.1 cm³/mol. The first-order valence-corrected chi connectivity index (χ1v) is 6.96. The monoisotopic (exact) mass is 283 g/mol. The number of aromatic hydroxyl groups is 1. The fourth-order valence-corrected chi connectivity index (χ4v) is 2.86. The van der Waals surface area contributed by atoms with E-state index in [9.17, 15) is 5.11 Å². The normalized spacial score (nSPS) is 12.6. The lowest BCUT2D eigenvalue weighted by Crippen LogP contribution is -2.08. The molecule has 0 saturated heterocycles. The second-order valence-corrected chi connectivity index (χ2v) is 5.36. The predicted octanol–water partition coefficient (Wildman–Crippen LogP) is 2.88. The van der Waals surface area contributed by atoms with Gasteiger partial charge in [0.25, 0.3) is 0 Å². The minimum atomic E-state index is 0.245. The van der Waals surface area contributed by atoms with Crippen molar-refractivity contribution in [1.82, 2.24) is 4.57 Å². The number of para-hydroxylation sites is 1. The third kappa shape index (κ3) is 2.48. The van der Waals surface area contributed by atoms with E-state index in [1.54, 1.807) is 41.8 Å². The van der Waals surface area contributed by atoms with E-state index in [-0.39, 0.29) is 5.75 Å². The zero-order chi connectivity index (χ0) is 13.9. The number of phenolic OH excluding ortho intramolecular Hbond substituents is 1. The zero-order valence-corrected chi connectivity index (χ0v) is 11.7. The number of aromatic nitrogens is 1. The van der Waals surface area contributed by atoms with Crippen LogP contribution in [0.3, 0.4) is 0 Å². The van der Waals surface area contributed by atoms with Crippen molar-refractivity contribution in [2.45, 2.75) is 0 Å². The van der Waals surface area contributed by atoms with E-state index in [1.807, 2.05) is 23.7 Å². The van der Waals surface area contributed by atoms with Gasteiger partial charge in [0.1, 0.15) is 5.75 Å². The number of rotatable bonds is 2. The van der Waals surface area contributed by atoms with E-state index in [4.69, 9.17) is 0 Å². The number of nitrogens with zero attached hydrogens (tertiary/aromatic N) is 3. The van der Waals surface area contributed by atoms with Crippen LogP contribution < -0.4 is 4.80 Å². The lowest BCUT2D eigenvalue weighted by Gasteiger charge is -1.93. The third-order valence-corrected chi connectivity index (χ3v) is 4.06. The highest BCUT2D eigenvalue weighted by Crippen LogP contribution is 2.15. The maximum Gasteiger partial charge on any atom is 0.211 e. The van der Waals surface area contributed by atoms with Gasteiger partial charge in [0.05, 0.1) is 16.4 Å². The average molecular weight is 283 g/mol. The number of aryl methyl sites for hydroxylation is 1. The Hall–Kier alpha value is -2.40. The Bertz CT molecular complexity index is 828. The van der Waals surface area contributed by atoms with Gasteiger partial charge in [0.15, 0.2) is 0 Å². The molecule has 5 heteroatoms. The molecule has 1 heterocycles. The summed E-state index contributed by atoms with van der Waals surface area (Å²) >= 11 is 1.60. The van der Waals surface area contributed by atoms with Crippen molar-refractivity contribution in [3.8, 4) is 5.75 Å². The van der Waals surface area contributed by atoms with Gasteiger partial charge in [-0.05, 0) is 42.0 Å². The van der Waals surface area contributed by atoms with Crippen molar-refractivity contribution in [3.63, 3.8) is 0 Å². The molecule has 0 aliphatic carbocycles. The van der Waals surface area contributed by atoms with E-state index in [0.29, 0.717) is 0 Å². The molecule has 1 aromatic heterocycles. The van der Waals surface area contributed by atoms with Crippen molar-refractivity contribution in [3.05, 3.63) is 58.9 Å². The molecule has 100 valence electrons. The Kier molecular flexibility index (Phi) is 3.35. The smallest absolute Gasteiger partial charge is 0.211 e. The highest BCUT2D eigenvalue weighted by atomic mass is 32.1. The van der Waals surface area contributed by atoms with Crippen LogP contribution in [-0.4, -0.2) is 15.9 Å². The van der Waals surface area contributed by atoms with Crippen LogP contribution >= 0.6 is 11.3 Å². The Morgan fingerprint density at radius 2 is 1.85 bits per heavy atom. The molecule has 0 aliphatic rings. The second-order valence-electron chi connectivity index (χ2n) is 4.35. The van der Waals surface area contributed by atoms with Crippen LogP contribution in [0.2, 0.25) is 0 Å². The summed E-state index contributed by atoms with van der Waals surface area (Å²) in [5, 5.41) is 17.6. The molecule has 0 unspecified atom stereocenters. The standard InChI is InChI=1S/C15H13N3OS/c1-18-13-4-2-3-5-14(13)20-15(18)17-16-10-11-6-8-12(19)9-7-11/h2-10,19H,1H3. The summed E-state index contributed by atoms with van der Waals surface area (Å²) in [4.78, 5) is 0.848. The van der Waals surface area contributed by atoms with Gasteiger partial charge in [-0.2, -0.15) is 5.10 Å². The summed E-state index contributed by atoms with van der Waals surface area (Å²) in [7, 11) is 1.98. The van der Waals surface area contributed by atoms with E-state index in [0.717, 1.165) is 15.9 Å². The molecule has 20 heavy (non-hydrogen) atoms. The molecular weight excluding hydrogens is 270 g/mol. The Labute approximate surface area is 120 Å². The van der Waals surface area contributed by atoms with Crippen LogP contribution in [0.1, 0.15) is 5.56 Å². The molecule has 0 fully saturated rings. The van der Waals surface area contributed by atoms with Gasteiger partial charge in [-0.1, -0.05) is 23.5 Å². The van der Waals surface area contributed by atoms with Crippen molar-refractivity contribution >= 4 is 27.8 Å². The molecular formula is C15H13N3OS. The van der Waals surface area contributed by atoms with Crippen molar-refractivity contribution in [1.29, 1.82) is 0 Å². The molecule has 2 aromatic carbocycles. The molecule has 0 bridgehead atoms. The van der Waals surface area contributed by atoms with Gasteiger partial charge >= 0.3 is 0 Å². The molecule has 1 N–H and O–H groups in total. The van der Waals surface area contributed by atoms with Crippen LogP contribution in [0.25, 0.3) is 10.2 Å². The van der Waals surface area contributed by atoms with E-state index < -0.39 is 0 Å². The van der Waals surface area contributed by atoms with Gasteiger partial charge in [0.2, 0.25) is 4.80 Å². The average Bonchev–Trinajstić information content (AvgIpc) is 2.78. The molecule has 0 saturated carbocycles. The summed E-state index contributed by atoms with van der Waals surface area (Å²) < 4.78 is 3.21. The summed E-state index contributed by atoms with van der Waals surface area (Å²) in [5.74, 6) is 0.245. The molecule has 4 nitrogen and oxygen atoms in total. The minimum absolute atomic E-state index is 0.245. The zero-order valence-electron chi connectivity index (χ0n) is 10.9. The maximum absolute atomic E-state index is 9.21. The van der Waals surface area contributed by atoms with Crippen LogP contribution in [-0.2, 0) is 7.05 Å². The Balaban J connectivity index is 1.94. The summed E-state index contributed by atoms with van der Waals surface area (Å²) in [6.45, 7) is 0. The highest BCUT2D eigenvalue weighted by molar-refractivity contribution is 7.16. The van der Waals surface area contributed by atoms with Crippen LogP contribution in [0.4, 0.5) is 0 Å². The summed E-state index contributed by atoms with van der Waals surface area (Å²) in [6, 6.07) is 15.0. The number of thiazole rings is 1. The second kappa shape index (κ2) is 5.30. The SMILES string of the molecule is Cn1c(=NN=Cc2ccc(O)cc2)sc2ccccc21. The molecule has 0 spiro atoms. The first-order chi connectivity index (χ1) is 9.74. The molecule has 3 aromatic rings. The number of hydrogen-bond donors (Lipinski definition) is 1. The molecule has 3 rings (SSSR count). The van der Waals surface area contributed by atoms with E-state index in [2.05, 4.69) is 22.3 Å². The van der Waals surface area contributed by atoms with Gasteiger partial charge in [-0.3, -0.25) is 0 Å². The number of hydrogen-bond acceptors (Lipinski definition) is 4. The van der Waals surface area contributed by atoms with E-state index in [1.165, 1.54) is 4.70 Å². The van der Waals surface area contributed by atoms with Crippen molar-refractivity contribution in [2.24, 2.45) is 17.3 Å². The van der Waals surface area contributed by atoms with Crippen LogP contribution in [0.15, 0.2) is 58.7 Å². The fourth-order valence-electron chi connectivity index (χ4n) is 1.88. The molecule has 0 aliphatic heterocycles. The largest absolute Gasteiger partial charge is 0.508 e. The maximum atomic E-state index is 9.21. The first kappa shape index (κ1) is 12.6.